The monoisotopic (exact) mass is 254 g/mol. The second kappa shape index (κ2) is 4.81. The summed E-state index contributed by atoms with van der Waals surface area (Å²) in [5.74, 6) is 0.196. The first-order chi connectivity index (χ1) is 8.14. The fourth-order valence-corrected chi connectivity index (χ4v) is 3.10. The van der Waals surface area contributed by atoms with Gasteiger partial charge >= 0.3 is 0 Å². The van der Waals surface area contributed by atoms with Crippen LogP contribution in [0.3, 0.4) is 0 Å². The number of Topliss-reactive ketones (excluding diaryl/α,β-unsaturated/α-hetero) is 1. The van der Waals surface area contributed by atoms with Crippen LogP contribution >= 0.6 is 11.6 Å². The summed E-state index contributed by atoms with van der Waals surface area (Å²) in [6, 6.07) is 0. The highest BCUT2D eigenvalue weighted by atomic mass is 35.5. The predicted molar refractivity (Wildman–Crippen MR) is 68.4 cm³/mol. The Morgan fingerprint density at radius 3 is 2.65 bits per heavy atom. The molecule has 0 radical (unpaired) electrons. The Morgan fingerprint density at radius 1 is 1.47 bits per heavy atom. The quantitative estimate of drug-likeness (QED) is 0.768. The highest BCUT2D eigenvalue weighted by molar-refractivity contribution is 6.33. The smallest absolute Gasteiger partial charge is 0.188 e. The summed E-state index contributed by atoms with van der Waals surface area (Å²) >= 11 is 6.11. The Hall–Kier alpha value is -0.830. The molecule has 17 heavy (non-hydrogen) atoms. The fourth-order valence-electron chi connectivity index (χ4n) is 2.87. The van der Waals surface area contributed by atoms with Crippen molar-refractivity contribution in [2.75, 3.05) is 0 Å². The third-order valence-electron chi connectivity index (χ3n) is 4.03. The molecule has 3 nitrogen and oxygen atoms in total. The van der Waals surface area contributed by atoms with E-state index in [0.717, 1.165) is 32.1 Å². The van der Waals surface area contributed by atoms with Gasteiger partial charge < -0.3 is 0 Å². The van der Waals surface area contributed by atoms with E-state index in [1.54, 1.807) is 10.9 Å². The zero-order chi connectivity index (χ0) is 12.5. The van der Waals surface area contributed by atoms with Gasteiger partial charge in [0.1, 0.15) is 5.69 Å². The Labute approximate surface area is 107 Å². The minimum absolute atomic E-state index is 0.184. The summed E-state index contributed by atoms with van der Waals surface area (Å²) in [6.45, 7) is 4.77. The van der Waals surface area contributed by atoms with Crippen LogP contribution in [0.25, 0.3) is 0 Å². The van der Waals surface area contributed by atoms with Crippen molar-refractivity contribution in [1.82, 2.24) is 9.78 Å². The topological polar surface area (TPSA) is 34.9 Å². The lowest BCUT2D eigenvalue weighted by molar-refractivity contribution is 0.0779. The summed E-state index contributed by atoms with van der Waals surface area (Å²) in [7, 11) is 0. The zero-order valence-electron chi connectivity index (χ0n) is 10.5. The minimum atomic E-state index is -0.184. The largest absolute Gasteiger partial charge is 0.292 e. The molecular formula is C13H19ClN2O. The zero-order valence-corrected chi connectivity index (χ0v) is 11.3. The van der Waals surface area contributed by atoms with Gasteiger partial charge in [0, 0.05) is 12.0 Å². The van der Waals surface area contributed by atoms with Crippen LogP contribution in [0.5, 0.6) is 0 Å². The van der Waals surface area contributed by atoms with Gasteiger partial charge in [0.2, 0.25) is 0 Å². The molecule has 1 aromatic rings. The summed E-state index contributed by atoms with van der Waals surface area (Å²) < 4.78 is 1.72. The number of aromatic nitrogens is 2. The average Bonchev–Trinajstić information content (AvgIpc) is 2.95. The number of carbonyl (C=O) groups excluding carboxylic acids is 1. The molecule has 1 aliphatic carbocycles. The van der Waals surface area contributed by atoms with Crippen molar-refractivity contribution in [3.8, 4) is 0 Å². The molecule has 4 heteroatoms. The second-order valence-electron chi connectivity index (χ2n) is 4.83. The molecule has 0 atom stereocenters. The number of carbonyl (C=O) groups is 1. The van der Waals surface area contributed by atoms with Crippen LogP contribution in [0.4, 0.5) is 0 Å². The molecular weight excluding hydrogens is 236 g/mol. The molecule has 0 spiro atoms. The molecule has 2 rings (SSSR count). The Kier molecular flexibility index (Phi) is 3.57. The van der Waals surface area contributed by atoms with Crippen molar-refractivity contribution >= 4 is 17.4 Å². The molecule has 0 bridgehead atoms. The molecule has 1 heterocycles. The van der Waals surface area contributed by atoms with Crippen LogP contribution in [0.2, 0.25) is 5.02 Å². The number of nitrogens with zero attached hydrogens (tertiary/aromatic N) is 2. The molecule has 0 N–H and O–H groups in total. The highest BCUT2D eigenvalue weighted by Gasteiger charge is 2.41. The van der Waals surface area contributed by atoms with E-state index in [1.165, 1.54) is 0 Å². The molecule has 0 aromatic carbocycles. The van der Waals surface area contributed by atoms with Gasteiger partial charge in [-0.05, 0) is 26.2 Å². The van der Waals surface area contributed by atoms with E-state index in [4.69, 9.17) is 11.6 Å². The Balaban J connectivity index is 2.38. The molecule has 0 unspecified atom stereocenters. The van der Waals surface area contributed by atoms with Gasteiger partial charge in [-0.1, -0.05) is 31.4 Å². The number of hydrogen-bond acceptors (Lipinski definition) is 2. The Morgan fingerprint density at radius 2 is 2.12 bits per heavy atom. The van der Waals surface area contributed by atoms with Gasteiger partial charge in [0.05, 0.1) is 11.2 Å². The number of aryl methyl sites for hydroxylation is 1. The van der Waals surface area contributed by atoms with E-state index in [-0.39, 0.29) is 11.2 Å². The maximum Gasteiger partial charge on any atom is 0.188 e. The number of rotatable bonds is 4. The summed E-state index contributed by atoms with van der Waals surface area (Å²) in [6.07, 6.45) is 6.77. The molecule has 1 fully saturated rings. The van der Waals surface area contributed by atoms with E-state index in [1.807, 2.05) is 6.92 Å². The number of hydrogen-bond donors (Lipinski definition) is 0. The number of halogens is 1. The lowest BCUT2D eigenvalue weighted by Gasteiger charge is -2.25. The van der Waals surface area contributed by atoms with Gasteiger partial charge in [0.25, 0.3) is 0 Å². The van der Waals surface area contributed by atoms with Gasteiger partial charge in [-0.3, -0.25) is 9.48 Å². The van der Waals surface area contributed by atoms with E-state index in [2.05, 4.69) is 12.0 Å². The maximum absolute atomic E-state index is 12.7. The third kappa shape index (κ3) is 2.01. The van der Waals surface area contributed by atoms with Gasteiger partial charge in [-0.15, -0.1) is 0 Å². The van der Waals surface area contributed by atoms with Crippen LogP contribution in [-0.2, 0) is 6.54 Å². The molecule has 1 aromatic heterocycles. The van der Waals surface area contributed by atoms with E-state index in [0.29, 0.717) is 17.3 Å². The molecule has 0 aliphatic heterocycles. The van der Waals surface area contributed by atoms with Gasteiger partial charge in [-0.2, -0.15) is 5.10 Å². The van der Waals surface area contributed by atoms with Crippen LogP contribution in [-0.4, -0.2) is 15.6 Å². The van der Waals surface area contributed by atoms with Crippen LogP contribution in [0, 0.1) is 5.41 Å². The summed E-state index contributed by atoms with van der Waals surface area (Å²) in [4.78, 5) is 12.7. The normalized spacial score (nSPS) is 18.5. The number of ketones is 1. The first-order valence-corrected chi connectivity index (χ1v) is 6.78. The first kappa shape index (κ1) is 12.6. The molecule has 0 amide bonds. The highest BCUT2D eigenvalue weighted by Crippen LogP contribution is 2.44. The molecule has 1 aliphatic rings. The fraction of sp³-hybridized carbons (Fsp3) is 0.692. The van der Waals surface area contributed by atoms with Crippen molar-refractivity contribution in [3.63, 3.8) is 0 Å². The average molecular weight is 255 g/mol. The van der Waals surface area contributed by atoms with Crippen LogP contribution in [0.1, 0.15) is 56.4 Å². The van der Waals surface area contributed by atoms with E-state index in [9.17, 15) is 4.79 Å². The lowest BCUT2D eigenvalue weighted by Crippen LogP contribution is -2.29. The van der Waals surface area contributed by atoms with Crippen molar-refractivity contribution in [2.45, 2.75) is 52.5 Å². The lowest BCUT2D eigenvalue weighted by atomic mass is 9.78. The summed E-state index contributed by atoms with van der Waals surface area (Å²) in [5, 5.41) is 4.65. The standard InChI is InChI=1S/C13H19ClN2O/c1-3-13(7-5-6-8-13)12(17)11-10(14)9-15-16(11)4-2/h9H,3-8H2,1-2H3. The van der Waals surface area contributed by atoms with Gasteiger partial charge in [-0.25, -0.2) is 0 Å². The summed E-state index contributed by atoms with van der Waals surface area (Å²) in [5.41, 5.74) is 0.425. The van der Waals surface area contributed by atoms with Crippen molar-refractivity contribution in [3.05, 3.63) is 16.9 Å². The van der Waals surface area contributed by atoms with Crippen LogP contribution < -0.4 is 0 Å². The van der Waals surface area contributed by atoms with Crippen molar-refractivity contribution in [1.29, 1.82) is 0 Å². The predicted octanol–water partition coefficient (Wildman–Crippen LogP) is 3.71. The molecule has 94 valence electrons. The van der Waals surface area contributed by atoms with E-state index < -0.39 is 0 Å². The second-order valence-corrected chi connectivity index (χ2v) is 5.23. The third-order valence-corrected chi connectivity index (χ3v) is 4.31. The molecule has 0 saturated heterocycles. The van der Waals surface area contributed by atoms with E-state index >= 15 is 0 Å². The van der Waals surface area contributed by atoms with Crippen molar-refractivity contribution in [2.24, 2.45) is 5.41 Å². The Bertz CT molecular complexity index is 419. The van der Waals surface area contributed by atoms with Crippen LogP contribution in [0.15, 0.2) is 6.20 Å². The SMILES string of the molecule is CCn1ncc(Cl)c1C(=O)C1(CC)CCCC1. The minimum Gasteiger partial charge on any atom is -0.292 e. The molecule has 1 saturated carbocycles. The van der Waals surface area contributed by atoms with Crippen molar-refractivity contribution < 1.29 is 4.79 Å². The maximum atomic E-state index is 12.7. The first-order valence-electron chi connectivity index (χ1n) is 6.40. The van der Waals surface area contributed by atoms with Gasteiger partial charge in [0.15, 0.2) is 5.78 Å².